The lowest BCUT2D eigenvalue weighted by molar-refractivity contribution is -0.137. The number of aromatic nitrogens is 2. The molecule has 4 nitrogen and oxygen atoms in total. The van der Waals surface area contributed by atoms with Crippen LogP contribution in [0.1, 0.15) is 5.56 Å². The lowest BCUT2D eigenvalue weighted by Gasteiger charge is -2.23. The number of halogens is 3. The highest BCUT2D eigenvalue weighted by molar-refractivity contribution is 6.60. The molecule has 0 bridgehead atoms. The van der Waals surface area contributed by atoms with E-state index in [4.69, 9.17) is 0 Å². The van der Waals surface area contributed by atoms with Crippen molar-refractivity contribution in [2.24, 2.45) is 0 Å². The maximum atomic E-state index is 13.2. The molecule has 0 spiro atoms. The minimum absolute atomic E-state index is 0.151. The van der Waals surface area contributed by atoms with Crippen molar-refractivity contribution in [3.8, 4) is 5.69 Å². The summed E-state index contributed by atoms with van der Waals surface area (Å²) in [5.41, 5.74) is -0.855. The molecule has 0 radical (unpaired) electrons. The topological polar surface area (TPSA) is 46.9 Å². The molecule has 0 aliphatic rings. The van der Waals surface area contributed by atoms with Gasteiger partial charge < -0.3 is 5.32 Å². The summed E-state index contributed by atoms with van der Waals surface area (Å²) in [5, 5.41) is 3.13. The molecule has 3 aromatic rings. The van der Waals surface area contributed by atoms with Crippen LogP contribution in [0.3, 0.4) is 0 Å². The molecule has 1 aromatic heterocycles. The van der Waals surface area contributed by atoms with Gasteiger partial charge in [0.2, 0.25) is 0 Å². The summed E-state index contributed by atoms with van der Waals surface area (Å²) in [5.74, 6) is 0.262. The fourth-order valence-corrected chi connectivity index (χ4v) is 2.68. The van der Waals surface area contributed by atoms with Crippen LogP contribution in [0.5, 0.6) is 0 Å². The molecule has 0 atom stereocenters. The summed E-state index contributed by atoms with van der Waals surface area (Å²) in [7, 11) is 5.65. The molecule has 0 aliphatic carbocycles. The van der Waals surface area contributed by atoms with Gasteiger partial charge in [0.25, 0.3) is 0 Å². The van der Waals surface area contributed by atoms with E-state index in [1.807, 2.05) is 23.5 Å². The first-order valence-electron chi connectivity index (χ1n) is 8.04. The quantitative estimate of drug-likeness (QED) is 0.690. The fourth-order valence-electron chi connectivity index (χ4n) is 2.68. The monoisotopic (exact) mass is 355 g/mol. The van der Waals surface area contributed by atoms with E-state index in [0.717, 1.165) is 12.1 Å². The van der Waals surface area contributed by atoms with Crippen molar-refractivity contribution in [3.05, 3.63) is 64.6 Å². The molecule has 0 amide bonds. The van der Waals surface area contributed by atoms with Gasteiger partial charge in [-0.05, 0) is 35.6 Å². The van der Waals surface area contributed by atoms with Crippen LogP contribution in [-0.4, -0.2) is 38.3 Å². The largest absolute Gasteiger partial charge is 0.416 e. The third kappa shape index (κ3) is 3.64. The van der Waals surface area contributed by atoms with Gasteiger partial charge in [-0.3, -0.25) is 4.57 Å². The van der Waals surface area contributed by atoms with Crippen LogP contribution < -0.4 is 11.0 Å². The van der Waals surface area contributed by atoms with Gasteiger partial charge in [-0.25, -0.2) is 4.79 Å². The first kappa shape index (κ1) is 18.2. The zero-order chi connectivity index (χ0) is 19.1. The van der Waals surface area contributed by atoms with E-state index in [9.17, 15) is 18.0 Å². The minimum atomic E-state index is -4.51. The van der Waals surface area contributed by atoms with E-state index in [-0.39, 0.29) is 11.3 Å². The molecule has 26 heavy (non-hydrogen) atoms. The number of anilines is 1. The van der Waals surface area contributed by atoms with Gasteiger partial charge in [-0.15, -0.1) is 0 Å². The van der Waals surface area contributed by atoms with E-state index >= 15 is 0 Å². The van der Waals surface area contributed by atoms with E-state index in [0.29, 0.717) is 11.1 Å². The Kier molecular flexibility index (Phi) is 4.38. The number of rotatable bonds is 3. The average molecular weight is 355 g/mol. The predicted octanol–water partition coefficient (Wildman–Crippen LogP) is 0.327. The second kappa shape index (κ2) is 6.27. The first-order valence-corrected chi connectivity index (χ1v) is 8.04. The highest BCUT2D eigenvalue weighted by Crippen LogP contribution is 2.33. The molecule has 130 valence electrons. The van der Waals surface area contributed by atoms with Gasteiger partial charge in [-0.2, -0.15) is 18.2 Å². The zero-order valence-corrected chi connectivity index (χ0v) is 14.6. The first-order chi connectivity index (χ1) is 12.1. The third-order valence-electron chi connectivity index (χ3n) is 3.73. The number of nitrogens with one attached hydrogen (secondary N) is 1. The molecule has 0 fully saturated rings. The Balaban J connectivity index is 2.38. The summed E-state index contributed by atoms with van der Waals surface area (Å²) in [4.78, 5) is 16.7. The summed E-state index contributed by atoms with van der Waals surface area (Å²) >= 11 is 0. The van der Waals surface area contributed by atoms with E-state index in [1.54, 1.807) is 30.3 Å². The second-order valence-corrected chi connectivity index (χ2v) is 7.02. The fraction of sp³-hybridized carbons (Fsp3) is 0.125. The average Bonchev–Trinajstić information content (AvgIpc) is 2.53. The van der Waals surface area contributed by atoms with Crippen molar-refractivity contribution in [2.75, 3.05) is 5.32 Å². The number of hydrogen-bond acceptors (Lipinski definition) is 3. The van der Waals surface area contributed by atoms with Gasteiger partial charge in [0.1, 0.15) is 29.4 Å². The molecule has 2 aromatic carbocycles. The van der Waals surface area contributed by atoms with Crippen LogP contribution in [0.2, 0.25) is 0 Å². The van der Waals surface area contributed by atoms with Crippen molar-refractivity contribution in [1.29, 1.82) is 0 Å². The molecule has 1 N–H and O–H groups in total. The lowest BCUT2D eigenvalue weighted by atomic mass is 9.49. The molecular weight excluding hydrogens is 340 g/mol. The van der Waals surface area contributed by atoms with Crippen molar-refractivity contribution >= 4 is 40.3 Å². The van der Waals surface area contributed by atoms with Gasteiger partial charge in [-0.1, -0.05) is 18.2 Å². The lowest BCUT2D eigenvalue weighted by Crippen LogP contribution is -2.41. The van der Waals surface area contributed by atoms with E-state index < -0.39 is 22.7 Å². The van der Waals surface area contributed by atoms with Crippen LogP contribution >= 0.6 is 0 Å². The summed E-state index contributed by atoms with van der Waals surface area (Å²) < 4.78 is 40.8. The van der Waals surface area contributed by atoms with E-state index in [1.165, 1.54) is 10.6 Å². The van der Waals surface area contributed by atoms with Crippen molar-refractivity contribution in [2.45, 2.75) is 11.4 Å². The maximum Gasteiger partial charge on any atom is 0.416 e. The number of para-hydroxylation sites is 1. The van der Waals surface area contributed by atoms with Crippen molar-refractivity contribution < 1.29 is 13.2 Å². The smallest absolute Gasteiger partial charge is 0.387 e. The SMILES string of the molecule is BC(B)(B)Nc1nc(=O)n(-c2ccccc2)c2cc(C(F)(F)F)ccc12. The summed E-state index contributed by atoms with van der Waals surface area (Å²) in [6.45, 7) is 0. The molecule has 1 heterocycles. The Morgan fingerprint density at radius 3 is 2.23 bits per heavy atom. The standard InChI is InChI=1S/C16H15B3F3N3O/c17-16(18,19)24-13-11-7-6-9(15(20,21)22)8-12(11)25(14(26)23-13)10-4-2-1-3-5-10/h1-8H,17-19H2,(H,23,24,26). The molecule has 10 heteroatoms. The Bertz CT molecular complexity index is 1010. The Labute approximate surface area is 150 Å². The predicted molar refractivity (Wildman–Crippen MR) is 104 cm³/mol. The summed E-state index contributed by atoms with van der Waals surface area (Å²) in [6, 6.07) is 11.8. The summed E-state index contributed by atoms with van der Waals surface area (Å²) in [6.07, 6.45) is -4.51. The Morgan fingerprint density at radius 2 is 1.65 bits per heavy atom. The molecular formula is C16H15B3F3N3O. The van der Waals surface area contributed by atoms with Crippen molar-refractivity contribution in [3.63, 3.8) is 0 Å². The third-order valence-corrected chi connectivity index (χ3v) is 3.73. The maximum absolute atomic E-state index is 13.2. The van der Waals surface area contributed by atoms with Crippen LogP contribution in [0, 0.1) is 0 Å². The van der Waals surface area contributed by atoms with Gasteiger partial charge in [0.15, 0.2) is 0 Å². The van der Waals surface area contributed by atoms with Gasteiger partial charge >= 0.3 is 11.9 Å². The number of fused-ring (bicyclic) bond motifs is 1. The molecule has 0 saturated heterocycles. The number of alkyl halides is 3. The molecule has 0 saturated carbocycles. The number of nitrogens with zero attached hydrogens (tertiary/aromatic N) is 2. The van der Waals surface area contributed by atoms with Crippen molar-refractivity contribution in [1.82, 2.24) is 9.55 Å². The number of benzene rings is 2. The normalized spacial score (nSPS) is 12.3. The van der Waals surface area contributed by atoms with Crippen LogP contribution in [0.4, 0.5) is 19.0 Å². The highest BCUT2D eigenvalue weighted by Gasteiger charge is 2.31. The van der Waals surface area contributed by atoms with Crippen LogP contribution in [0.15, 0.2) is 53.3 Å². The van der Waals surface area contributed by atoms with Gasteiger partial charge in [0, 0.05) is 5.39 Å². The zero-order valence-electron chi connectivity index (χ0n) is 14.6. The van der Waals surface area contributed by atoms with E-state index in [2.05, 4.69) is 10.3 Å². The molecule has 0 aliphatic heterocycles. The Morgan fingerprint density at radius 1 is 1.00 bits per heavy atom. The minimum Gasteiger partial charge on any atom is -0.387 e. The second-order valence-electron chi connectivity index (χ2n) is 7.02. The number of hydrogen-bond donors (Lipinski definition) is 1. The van der Waals surface area contributed by atoms with Gasteiger partial charge in [0.05, 0.1) is 16.8 Å². The van der Waals surface area contributed by atoms with Crippen LogP contribution in [0.25, 0.3) is 16.6 Å². The van der Waals surface area contributed by atoms with Crippen LogP contribution in [-0.2, 0) is 6.18 Å². The molecule has 0 unspecified atom stereocenters. The molecule has 3 rings (SSSR count). The Hall–Kier alpha value is -2.64. The highest BCUT2D eigenvalue weighted by atomic mass is 19.4.